The molecule has 0 aromatic heterocycles. The van der Waals surface area contributed by atoms with Crippen LogP contribution in [0.3, 0.4) is 0 Å². The first-order valence-corrected chi connectivity index (χ1v) is 10.9. The van der Waals surface area contributed by atoms with Crippen molar-refractivity contribution in [2.24, 2.45) is 0 Å². The van der Waals surface area contributed by atoms with Gasteiger partial charge in [0.15, 0.2) is 6.10 Å². The van der Waals surface area contributed by atoms with Gasteiger partial charge in [-0.2, -0.15) is 0 Å². The lowest BCUT2D eigenvalue weighted by molar-refractivity contribution is 0.111. The number of rotatable bonds is 0. The highest BCUT2D eigenvalue weighted by molar-refractivity contribution is 6.83. The first kappa shape index (κ1) is 13.7. The first-order chi connectivity index (χ1) is 8.54. The van der Waals surface area contributed by atoms with Crippen LogP contribution < -0.4 is 0 Å². The van der Waals surface area contributed by atoms with Gasteiger partial charge in [0.25, 0.3) is 0 Å². The lowest BCUT2D eigenvalue weighted by atomic mass is 9.91. The van der Waals surface area contributed by atoms with E-state index in [2.05, 4.69) is 31.1 Å². The zero-order chi connectivity index (χ0) is 13.0. The molecular weight excluding hydrogens is 236 g/mol. The van der Waals surface area contributed by atoms with E-state index in [1.54, 1.807) is 5.57 Å². The minimum absolute atomic E-state index is 0.176. The highest BCUT2D eigenvalue weighted by Crippen LogP contribution is 2.32. The molecule has 18 heavy (non-hydrogen) atoms. The van der Waals surface area contributed by atoms with Crippen molar-refractivity contribution in [2.45, 2.75) is 77.1 Å². The summed E-state index contributed by atoms with van der Waals surface area (Å²) in [5.41, 5.74) is 5.05. The highest BCUT2D eigenvalue weighted by Gasteiger charge is 2.20. The third kappa shape index (κ3) is 4.21. The predicted octanol–water partition coefficient (Wildman–Crippen LogP) is 4.65. The second-order valence-electron chi connectivity index (χ2n) is 6.61. The lowest BCUT2D eigenvalue weighted by Crippen LogP contribution is -2.21. The molecule has 2 aliphatic rings. The van der Waals surface area contributed by atoms with Gasteiger partial charge in [-0.05, 0) is 44.1 Å². The number of ether oxygens (including phenoxy) is 1. The molecule has 0 aromatic carbocycles. The minimum Gasteiger partial charge on any atom is -0.482 e. The van der Waals surface area contributed by atoms with Gasteiger partial charge in [-0.15, -0.1) is 5.54 Å². The van der Waals surface area contributed by atoms with E-state index < -0.39 is 8.07 Å². The van der Waals surface area contributed by atoms with Crippen LogP contribution in [0.2, 0.25) is 19.6 Å². The van der Waals surface area contributed by atoms with Gasteiger partial charge in [-0.25, -0.2) is 0 Å². The Kier molecular flexibility index (Phi) is 4.56. The van der Waals surface area contributed by atoms with Crippen molar-refractivity contribution in [3.05, 3.63) is 11.3 Å². The molecule has 2 fully saturated rings. The summed E-state index contributed by atoms with van der Waals surface area (Å²) in [6.45, 7) is 6.88. The minimum atomic E-state index is -1.26. The van der Waals surface area contributed by atoms with Gasteiger partial charge < -0.3 is 4.74 Å². The third-order valence-electron chi connectivity index (χ3n) is 3.61. The SMILES string of the molecule is C[Si](C)(C)C#C[C@H]1CCCC(=C2CCCCC2)O1. The normalized spacial score (nSPS) is 25.2. The van der Waals surface area contributed by atoms with Crippen molar-refractivity contribution < 1.29 is 4.74 Å². The molecule has 2 heteroatoms. The maximum absolute atomic E-state index is 6.15. The molecule has 1 atom stereocenters. The number of hydrogen-bond acceptors (Lipinski definition) is 1. The molecule has 0 radical (unpaired) electrons. The van der Waals surface area contributed by atoms with E-state index in [-0.39, 0.29) is 6.10 Å². The van der Waals surface area contributed by atoms with Crippen LogP contribution in [0.15, 0.2) is 11.3 Å². The van der Waals surface area contributed by atoms with Gasteiger partial charge in [0.2, 0.25) is 0 Å². The van der Waals surface area contributed by atoms with Crippen molar-refractivity contribution in [1.29, 1.82) is 0 Å². The summed E-state index contributed by atoms with van der Waals surface area (Å²) in [4.78, 5) is 0. The van der Waals surface area contributed by atoms with Crippen molar-refractivity contribution >= 4 is 8.07 Å². The molecule has 1 heterocycles. The Bertz CT molecular complexity index is 370. The summed E-state index contributed by atoms with van der Waals surface area (Å²) >= 11 is 0. The maximum Gasteiger partial charge on any atom is 0.158 e. The van der Waals surface area contributed by atoms with E-state index in [4.69, 9.17) is 4.74 Å². The lowest BCUT2D eigenvalue weighted by Gasteiger charge is -2.27. The molecule has 2 rings (SSSR count). The fourth-order valence-electron chi connectivity index (χ4n) is 2.65. The van der Waals surface area contributed by atoms with Crippen LogP contribution in [-0.4, -0.2) is 14.2 Å². The Morgan fingerprint density at radius 2 is 1.72 bits per heavy atom. The second-order valence-corrected chi connectivity index (χ2v) is 11.4. The van der Waals surface area contributed by atoms with Crippen LogP contribution in [-0.2, 0) is 4.74 Å². The Labute approximate surface area is 113 Å². The van der Waals surface area contributed by atoms with Gasteiger partial charge >= 0.3 is 0 Å². The number of hydrogen-bond donors (Lipinski definition) is 0. The van der Waals surface area contributed by atoms with Gasteiger partial charge in [-0.1, -0.05) is 32.0 Å². The zero-order valence-corrected chi connectivity index (χ0v) is 13.1. The molecule has 1 aliphatic carbocycles. The fourth-order valence-corrected chi connectivity index (χ4v) is 3.25. The summed E-state index contributed by atoms with van der Waals surface area (Å²) in [5.74, 6) is 4.69. The van der Waals surface area contributed by atoms with Crippen molar-refractivity contribution in [1.82, 2.24) is 0 Å². The molecule has 0 aromatic rings. The van der Waals surface area contributed by atoms with Gasteiger partial charge in [0.05, 0.1) is 5.76 Å². The number of allylic oxidation sites excluding steroid dienone is 2. The topological polar surface area (TPSA) is 9.23 Å². The molecule has 100 valence electrons. The van der Waals surface area contributed by atoms with Crippen LogP contribution in [0.25, 0.3) is 0 Å². The molecule has 1 saturated carbocycles. The van der Waals surface area contributed by atoms with E-state index >= 15 is 0 Å². The van der Waals surface area contributed by atoms with E-state index in [0.29, 0.717) is 0 Å². The maximum atomic E-state index is 6.15. The van der Waals surface area contributed by atoms with E-state index in [9.17, 15) is 0 Å². The summed E-state index contributed by atoms with van der Waals surface area (Å²) in [6.07, 6.45) is 10.3. The van der Waals surface area contributed by atoms with Crippen molar-refractivity contribution in [3.8, 4) is 11.5 Å². The molecule has 0 bridgehead atoms. The van der Waals surface area contributed by atoms with E-state index in [1.807, 2.05) is 0 Å². The van der Waals surface area contributed by atoms with Crippen LogP contribution in [0.4, 0.5) is 0 Å². The van der Waals surface area contributed by atoms with Gasteiger partial charge in [-0.3, -0.25) is 0 Å². The molecule has 1 nitrogen and oxygen atoms in total. The van der Waals surface area contributed by atoms with E-state index in [1.165, 1.54) is 44.3 Å². The molecule has 0 unspecified atom stereocenters. The summed E-state index contributed by atoms with van der Waals surface area (Å²) in [5, 5.41) is 0. The Balaban J connectivity index is 2.01. The van der Waals surface area contributed by atoms with Gasteiger partial charge in [0.1, 0.15) is 8.07 Å². The highest BCUT2D eigenvalue weighted by atomic mass is 28.3. The Morgan fingerprint density at radius 1 is 1.00 bits per heavy atom. The molecule has 1 aliphatic heterocycles. The zero-order valence-electron chi connectivity index (χ0n) is 12.1. The fraction of sp³-hybridized carbons (Fsp3) is 0.750. The Morgan fingerprint density at radius 3 is 2.39 bits per heavy atom. The molecule has 1 saturated heterocycles. The monoisotopic (exact) mass is 262 g/mol. The molecular formula is C16H26OSi. The van der Waals surface area contributed by atoms with Crippen molar-refractivity contribution in [2.75, 3.05) is 0 Å². The van der Waals surface area contributed by atoms with Crippen LogP contribution in [0.5, 0.6) is 0 Å². The molecule has 0 N–H and O–H groups in total. The average Bonchev–Trinajstić information content (AvgIpc) is 2.37. The second kappa shape index (κ2) is 5.97. The standard InChI is InChI=1S/C16H26OSi/c1-18(2,3)13-12-15-10-7-11-16(17-15)14-8-5-4-6-9-14/h15H,4-11H2,1-3H3/t15-/m1/s1. The largest absolute Gasteiger partial charge is 0.482 e. The smallest absolute Gasteiger partial charge is 0.158 e. The van der Waals surface area contributed by atoms with Gasteiger partial charge in [0, 0.05) is 6.42 Å². The average molecular weight is 262 g/mol. The summed E-state index contributed by atoms with van der Waals surface area (Å²) < 4.78 is 6.15. The van der Waals surface area contributed by atoms with Crippen molar-refractivity contribution in [3.63, 3.8) is 0 Å². The van der Waals surface area contributed by atoms with Crippen LogP contribution >= 0.6 is 0 Å². The summed E-state index contributed by atoms with van der Waals surface area (Å²) in [7, 11) is -1.26. The quantitative estimate of drug-likeness (QED) is 0.456. The van der Waals surface area contributed by atoms with Crippen LogP contribution in [0.1, 0.15) is 51.4 Å². The Hall–Kier alpha value is -0.683. The van der Waals surface area contributed by atoms with E-state index in [0.717, 1.165) is 12.8 Å². The summed E-state index contributed by atoms with van der Waals surface area (Å²) in [6, 6.07) is 0. The first-order valence-electron chi connectivity index (χ1n) is 7.45. The molecule has 0 amide bonds. The predicted molar refractivity (Wildman–Crippen MR) is 80.0 cm³/mol. The molecule has 0 spiro atoms. The third-order valence-corrected chi connectivity index (χ3v) is 4.51. The van der Waals surface area contributed by atoms with Crippen LogP contribution in [0, 0.1) is 11.5 Å².